The van der Waals surface area contributed by atoms with E-state index >= 15 is 0 Å². The van der Waals surface area contributed by atoms with Crippen LogP contribution in [0.1, 0.15) is 12.5 Å². The zero-order chi connectivity index (χ0) is 20.1. The Kier molecular flexibility index (Phi) is 5.23. The molecule has 0 bridgehead atoms. The molecule has 4 aromatic rings. The molecule has 0 unspecified atom stereocenters. The molecule has 146 valence electrons. The Bertz CT molecular complexity index is 1130. The van der Waals surface area contributed by atoms with Crippen LogP contribution >= 0.6 is 0 Å². The number of nitrogens with zero attached hydrogens (tertiary/aromatic N) is 6. The van der Waals surface area contributed by atoms with E-state index in [1.54, 1.807) is 29.3 Å². The molecule has 0 radical (unpaired) electrons. The molecule has 0 saturated heterocycles. The normalized spacial score (nSPS) is 10.7. The Hall–Kier alpha value is -4.08. The second kappa shape index (κ2) is 8.30. The van der Waals surface area contributed by atoms with E-state index in [0.29, 0.717) is 35.9 Å². The third-order valence-electron chi connectivity index (χ3n) is 4.00. The van der Waals surface area contributed by atoms with Gasteiger partial charge in [0.1, 0.15) is 24.0 Å². The maximum atomic E-state index is 11.7. The summed E-state index contributed by atoms with van der Waals surface area (Å²) in [7, 11) is 0. The fourth-order valence-corrected chi connectivity index (χ4v) is 2.75. The number of amides is 2. The SMILES string of the molecule is CCNC(=O)Nc1ccc2ncc(Nc3cccc(Cn4cncn4)c3)nc2n1. The highest BCUT2D eigenvalue weighted by Crippen LogP contribution is 2.19. The van der Waals surface area contributed by atoms with Gasteiger partial charge in [-0.3, -0.25) is 5.32 Å². The van der Waals surface area contributed by atoms with Crippen LogP contribution in [0.4, 0.5) is 22.1 Å². The monoisotopic (exact) mass is 389 g/mol. The molecule has 0 spiro atoms. The number of anilines is 3. The first-order valence-corrected chi connectivity index (χ1v) is 9.06. The molecular weight excluding hydrogens is 370 g/mol. The summed E-state index contributed by atoms with van der Waals surface area (Å²) in [4.78, 5) is 28.9. The number of nitrogens with one attached hydrogen (secondary N) is 3. The van der Waals surface area contributed by atoms with Gasteiger partial charge in [0.2, 0.25) is 0 Å². The molecule has 1 aromatic carbocycles. The maximum absolute atomic E-state index is 11.7. The van der Waals surface area contributed by atoms with E-state index in [0.717, 1.165) is 11.3 Å². The minimum Gasteiger partial charge on any atom is -0.339 e. The lowest BCUT2D eigenvalue weighted by atomic mass is 10.2. The lowest BCUT2D eigenvalue weighted by Crippen LogP contribution is -2.28. The minimum absolute atomic E-state index is 0.314. The lowest BCUT2D eigenvalue weighted by Gasteiger charge is -2.09. The van der Waals surface area contributed by atoms with Crippen molar-refractivity contribution in [2.45, 2.75) is 13.5 Å². The minimum atomic E-state index is -0.314. The second-order valence-electron chi connectivity index (χ2n) is 6.20. The van der Waals surface area contributed by atoms with Gasteiger partial charge in [0.05, 0.1) is 12.7 Å². The van der Waals surface area contributed by atoms with Crippen molar-refractivity contribution in [2.24, 2.45) is 0 Å². The van der Waals surface area contributed by atoms with Gasteiger partial charge in [0.25, 0.3) is 0 Å². The molecule has 0 aliphatic heterocycles. The van der Waals surface area contributed by atoms with Crippen LogP contribution in [0.15, 0.2) is 55.2 Å². The van der Waals surface area contributed by atoms with Gasteiger partial charge >= 0.3 is 6.03 Å². The molecule has 0 fully saturated rings. The highest BCUT2D eigenvalue weighted by molar-refractivity contribution is 5.89. The number of urea groups is 1. The van der Waals surface area contributed by atoms with Crippen LogP contribution in [0.25, 0.3) is 11.2 Å². The zero-order valence-electron chi connectivity index (χ0n) is 15.7. The number of carbonyl (C=O) groups excluding carboxylic acids is 1. The third-order valence-corrected chi connectivity index (χ3v) is 4.00. The van der Waals surface area contributed by atoms with Gasteiger partial charge in [-0.25, -0.2) is 29.4 Å². The topological polar surface area (TPSA) is 123 Å². The first kappa shape index (κ1) is 18.3. The van der Waals surface area contributed by atoms with Crippen molar-refractivity contribution >= 4 is 34.5 Å². The number of fused-ring (bicyclic) bond motifs is 1. The average Bonchev–Trinajstić information content (AvgIpc) is 3.21. The van der Waals surface area contributed by atoms with Crippen LogP contribution in [-0.2, 0) is 6.54 Å². The van der Waals surface area contributed by atoms with Gasteiger partial charge < -0.3 is 10.6 Å². The molecule has 0 saturated carbocycles. The molecule has 10 heteroatoms. The standard InChI is InChI=1S/C19H19N9O/c1-2-21-19(29)27-16-7-6-15-18(25-16)26-17(9-22-15)24-14-5-3-4-13(8-14)10-28-12-20-11-23-28/h3-9,11-12H,2,10H2,1H3,(H3,21,24,25,26,27,29). The highest BCUT2D eigenvalue weighted by atomic mass is 16.2. The summed E-state index contributed by atoms with van der Waals surface area (Å²) in [5, 5.41) is 12.7. The fourth-order valence-electron chi connectivity index (χ4n) is 2.75. The molecule has 0 aliphatic carbocycles. The number of hydrogen-bond acceptors (Lipinski definition) is 7. The largest absolute Gasteiger partial charge is 0.339 e. The Balaban J connectivity index is 1.52. The van der Waals surface area contributed by atoms with Crippen molar-refractivity contribution in [1.82, 2.24) is 35.0 Å². The Labute approximate surface area is 166 Å². The van der Waals surface area contributed by atoms with Gasteiger partial charge in [-0.15, -0.1) is 0 Å². The van der Waals surface area contributed by atoms with Crippen molar-refractivity contribution < 1.29 is 4.79 Å². The van der Waals surface area contributed by atoms with Crippen LogP contribution in [0.3, 0.4) is 0 Å². The van der Waals surface area contributed by atoms with Crippen molar-refractivity contribution in [3.05, 3.63) is 60.8 Å². The smallest absolute Gasteiger partial charge is 0.320 e. The summed E-state index contributed by atoms with van der Waals surface area (Å²) < 4.78 is 1.75. The molecule has 29 heavy (non-hydrogen) atoms. The molecule has 3 N–H and O–H groups in total. The number of rotatable bonds is 6. The van der Waals surface area contributed by atoms with Crippen LogP contribution < -0.4 is 16.0 Å². The summed E-state index contributed by atoms with van der Waals surface area (Å²) in [6.45, 7) is 3.00. The maximum Gasteiger partial charge on any atom is 0.320 e. The van der Waals surface area contributed by atoms with E-state index in [2.05, 4.69) is 41.0 Å². The lowest BCUT2D eigenvalue weighted by molar-refractivity contribution is 0.252. The molecule has 2 amide bonds. The van der Waals surface area contributed by atoms with Crippen LogP contribution in [0, 0.1) is 0 Å². The number of carbonyl (C=O) groups is 1. The van der Waals surface area contributed by atoms with E-state index in [9.17, 15) is 4.79 Å². The van der Waals surface area contributed by atoms with E-state index in [1.165, 1.54) is 6.33 Å². The summed E-state index contributed by atoms with van der Waals surface area (Å²) in [6.07, 6.45) is 4.83. The molecule has 0 aliphatic rings. The predicted octanol–water partition coefficient (Wildman–Crippen LogP) is 2.55. The summed E-state index contributed by atoms with van der Waals surface area (Å²) in [5.74, 6) is 0.961. The van der Waals surface area contributed by atoms with E-state index in [-0.39, 0.29) is 6.03 Å². The van der Waals surface area contributed by atoms with Gasteiger partial charge in [0.15, 0.2) is 11.5 Å². The zero-order valence-corrected chi connectivity index (χ0v) is 15.7. The third kappa shape index (κ3) is 4.61. The predicted molar refractivity (Wildman–Crippen MR) is 109 cm³/mol. The van der Waals surface area contributed by atoms with E-state index in [1.807, 2.05) is 31.2 Å². The number of benzene rings is 1. The van der Waals surface area contributed by atoms with Crippen molar-refractivity contribution in [3.8, 4) is 0 Å². The van der Waals surface area contributed by atoms with Crippen LogP contribution in [0.2, 0.25) is 0 Å². The fraction of sp³-hybridized carbons (Fsp3) is 0.158. The number of aromatic nitrogens is 6. The van der Waals surface area contributed by atoms with Gasteiger partial charge in [-0.05, 0) is 36.8 Å². The Morgan fingerprint density at radius 1 is 1.14 bits per heavy atom. The van der Waals surface area contributed by atoms with Gasteiger partial charge in [-0.1, -0.05) is 12.1 Å². The quantitative estimate of drug-likeness (QED) is 0.463. The molecule has 10 nitrogen and oxygen atoms in total. The molecular formula is C19H19N9O. The molecule has 0 atom stereocenters. The molecule has 4 rings (SSSR count). The van der Waals surface area contributed by atoms with Crippen molar-refractivity contribution in [1.29, 1.82) is 0 Å². The number of pyridine rings is 1. The van der Waals surface area contributed by atoms with Crippen LogP contribution in [0.5, 0.6) is 0 Å². The average molecular weight is 389 g/mol. The van der Waals surface area contributed by atoms with Crippen molar-refractivity contribution in [3.63, 3.8) is 0 Å². The van der Waals surface area contributed by atoms with E-state index < -0.39 is 0 Å². The first-order chi connectivity index (χ1) is 14.2. The first-order valence-electron chi connectivity index (χ1n) is 9.06. The second-order valence-corrected chi connectivity index (χ2v) is 6.20. The van der Waals surface area contributed by atoms with Gasteiger partial charge in [0, 0.05) is 12.2 Å². The van der Waals surface area contributed by atoms with Crippen molar-refractivity contribution in [2.75, 3.05) is 17.2 Å². The summed E-state index contributed by atoms with van der Waals surface area (Å²) in [5.41, 5.74) is 3.01. The van der Waals surface area contributed by atoms with Crippen LogP contribution in [-0.4, -0.2) is 42.3 Å². The van der Waals surface area contributed by atoms with Gasteiger partial charge in [-0.2, -0.15) is 5.10 Å². The Morgan fingerprint density at radius 2 is 2.03 bits per heavy atom. The Morgan fingerprint density at radius 3 is 2.86 bits per heavy atom. The van der Waals surface area contributed by atoms with E-state index in [4.69, 9.17) is 0 Å². The number of hydrogen-bond donors (Lipinski definition) is 3. The molecule has 3 heterocycles. The summed E-state index contributed by atoms with van der Waals surface area (Å²) >= 11 is 0. The molecule has 3 aromatic heterocycles. The highest BCUT2D eigenvalue weighted by Gasteiger charge is 2.06. The summed E-state index contributed by atoms with van der Waals surface area (Å²) in [6, 6.07) is 11.1.